The van der Waals surface area contributed by atoms with E-state index in [4.69, 9.17) is 4.74 Å². The van der Waals surface area contributed by atoms with Crippen LogP contribution >= 0.6 is 0 Å². The van der Waals surface area contributed by atoms with Gasteiger partial charge < -0.3 is 15.0 Å². The van der Waals surface area contributed by atoms with E-state index in [2.05, 4.69) is 17.0 Å². The van der Waals surface area contributed by atoms with Gasteiger partial charge in [0.05, 0.1) is 6.04 Å². The molecule has 1 unspecified atom stereocenters. The highest BCUT2D eigenvalue weighted by Crippen LogP contribution is 2.21. The number of amides is 2. The number of hydrogen-bond acceptors (Lipinski definition) is 4. The third-order valence-electron chi connectivity index (χ3n) is 4.87. The van der Waals surface area contributed by atoms with Crippen molar-refractivity contribution in [3.8, 4) is 0 Å². The summed E-state index contributed by atoms with van der Waals surface area (Å²) in [5.41, 5.74) is 0.437. The number of nitrogens with zero attached hydrogens (tertiary/aromatic N) is 3. The minimum Gasteiger partial charge on any atom is -0.381 e. The molecule has 0 aromatic carbocycles. The normalized spacial score (nSPS) is 20.3. The highest BCUT2D eigenvalue weighted by Gasteiger charge is 2.34. The summed E-state index contributed by atoms with van der Waals surface area (Å²) >= 11 is 0. The summed E-state index contributed by atoms with van der Waals surface area (Å²) in [7, 11) is 0. The molecule has 0 spiro atoms. The molecule has 24 heavy (non-hydrogen) atoms. The van der Waals surface area contributed by atoms with Gasteiger partial charge in [0, 0.05) is 44.5 Å². The highest BCUT2D eigenvalue weighted by atomic mass is 16.5. The van der Waals surface area contributed by atoms with Crippen LogP contribution in [-0.4, -0.2) is 58.8 Å². The molecule has 2 amide bonds. The minimum atomic E-state index is -0.165. The Labute approximate surface area is 141 Å². The van der Waals surface area contributed by atoms with Crippen molar-refractivity contribution in [1.82, 2.24) is 20.0 Å². The number of carbonyl (C=O) groups excluding carboxylic acids is 2. The summed E-state index contributed by atoms with van der Waals surface area (Å²) in [5.74, 6) is 0.0530. The monoisotopic (exact) mass is 332 g/mol. The molecule has 2 saturated heterocycles. The Bertz CT molecular complexity index is 615. The number of likely N-dealkylation sites (tertiary alicyclic amines) is 1. The zero-order valence-electron chi connectivity index (χ0n) is 14.0. The molecule has 1 aromatic rings. The van der Waals surface area contributed by atoms with Crippen LogP contribution in [0.2, 0.25) is 0 Å². The third kappa shape index (κ3) is 3.51. The molecule has 7 nitrogen and oxygen atoms in total. The fourth-order valence-electron chi connectivity index (χ4n) is 3.15. The molecule has 0 radical (unpaired) electrons. The predicted octanol–water partition coefficient (Wildman–Crippen LogP) is 0.997. The SMILES string of the molecule is C=CC(=O)N1CC(C(C)NC(=O)c2ccn(C3CCOCC3)n2)C1. The van der Waals surface area contributed by atoms with Crippen LogP contribution in [0.4, 0.5) is 0 Å². The van der Waals surface area contributed by atoms with E-state index in [1.54, 1.807) is 11.0 Å². The van der Waals surface area contributed by atoms with Gasteiger partial charge in [-0.15, -0.1) is 0 Å². The molecule has 2 fully saturated rings. The second kappa shape index (κ2) is 7.17. The molecule has 7 heteroatoms. The third-order valence-corrected chi connectivity index (χ3v) is 4.87. The summed E-state index contributed by atoms with van der Waals surface area (Å²) in [5, 5.41) is 7.41. The van der Waals surface area contributed by atoms with Gasteiger partial charge in [-0.1, -0.05) is 6.58 Å². The number of nitrogens with one attached hydrogen (secondary N) is 1. The van der Waals surface area contributed by atoms with Crippen molar-refractivity contribution in [1.29, 1.82) is 0 Å². The molecule has 3 rings (SSSR count). The lowest BCUT2D eigenvalue weighted by Crippen LogP contribution is -2.57. The Morgan fingerprint density at radius 1 is 1.42 bits per heavy atom. The average Bonchev–Trinajstić information content (AvgIpc) is 3.04. The van der Waals surface area contributed by atoms with Gasteiger partial charge in [0.2, 0.25) is 5.91 Å². The Morgan fingerprint density at radius 2 is 2.12 bits per heavy atom. The van der Waals surface area contributed by atoms with Gasteiger partial charge >= 0.3 is 0 Å². The Kier molecular flexibility index (Phi) is 4.99. The lowest BCUT2D eigenvalue weighted by molar-refractivity contribution is -0.132. The van der Waals surface area contributed by atoms with Crippen LogP contribution in [0, 0.1) is 5.92 Å². The minimum absolute atomic E-state index is 0.000374. The summed E-state index contributed by atoms with van der Waals surface area (Å²) < 4.78 is 7.22. The van der Waals surface area contributed by atoms with Crippen LogP contribution in [0.3, 0.4) is 0 Å². The first-order chi connectivity index (χ1) is 11.6. The fourth-order valence-corrected chi connectivity index (χ4v) is 3.15. The van der Waals surface area contributed by atoms with Gasteiger partial charge in [-0.2, -0.15) is 5.10 Å². The van der Waals surface area contributed by atoms with Gasteiger partial charge in [0.15, 0.2) is 0 Å². The van der Waals surface area contributed by atoms with Crippen LogP contribution in [0.25, 0.3) is 0 Å². The molecule has 1 N–H and O–H groups in total. The topological polar surface area (TPSA) is 76.5 Å². The van der Waals surface area contributed by atoms with Crippen molar-refractivity contribution in [3.05, 3.63) is 30.6 Å². The molecule has 2 aliphatic rings. The number of rotatable bonds is 5. The van der Waals surface area contributed by atoms with E-state index in [0.717, 1.165) is 26.1 Å². The zero-order chi connectivity index (χ0) is 17.1. The maximum absolute atomic E-state index is 12.4. The molecular formula is C17H24N4O3. The van der Waals surface area contributed by atoms with Gasteiger partial charge in [0.1, 0.15) is 5.69 Å². The van der Waals surface area contributed by atoms with Crippen LogP contribution in [-0.2, 0) is 9.53 Å². The summed E-state index contributed by atoms with van der Waals surface area (Å²) in [4.78, 5) is 25.5. The number of hydrogen-bond donors (Lipinski definition) is 1. The second-order valence-electron chi connectivity index (χ2n) is 6.49. The van der Waals surface area contributed by atoms with Crippen molar-refractivity contribution in [2.75, 3.05) is 26.3 Å². The first-order valence-corrected chi connectivity index (χ1v) is 8.43. The van der Waals surface area contributed by atoms with Crippen molar-refractivity contribution in [3.63, 3.8) is 0 Å². The fraction of sp³-hybridized carbons (Fsp3) is 0.588. The molecule has 0 saturated carbocycles. The van der Waals surface area contributed by atoms with Crippen LogP contribution < -0.4 is 5.32 Å². The molecule has 1 atom stereocenters. The summed E-state index contributed by atoms with van der Waals surface area (Å²) in [6, 6.07) is 2.06. The smallest absolute Gasteiger partial charge is 0.271 e. The van der Waals surface area contributed by atoms with Crippen molar-refractivity contribution in [2.24, 2.45) is 5.92 Å². The predicted molar refractivity (Wildman–Crippen MR) is 88.5 cm³/mol. The van der Waals surface area contributed by atoms with Crippen LogP contribution in [0.5, 0.6) is 0 Å². The van der Waals surface area contributed by atoms with E-state index in [9.17, 15) is 9.59 Å². The van der Waals surface area contributed by atoms with Crippen LogP contribution in [0.1, 0.15) is 36.3 Å². The van der Waals surface area contributed by atoms with E-state index in [1.165, 1.54) is 6.08 Å². The number of ether oxygens (including phenoxy) is 1. The molecule has 0 aliphatic carbocycles. The lowest BCUT2D eigenvalue weighted by atomic mass is 9.92. The first kappa shape index (κ1) is 16.7. The molecule has 1 aromatic heterocycles. The second-order valence-corrected chi connectivity index (χ2v) is 6.49. The van der Waals surface area contributed by atoms with Gasteiger partial charge in [-0.25, -0.2) is 0 Å². The van der Waals surface area contributed by atoms with E-state index >= 15 is 0 Å². The Balaban J connectivity index is 1.51. The molecule has 0 bridgehead atoms. The highest BCUT2D eigenvalue weighted by molar-refractivity contribution is 5.92. The van der Waals surface area contributed by atoms with E-state index in [1.807, 2.05) is 17.8 Å². The largest absolute Gasteiger partial charge is 0.381 e. The average molecular weight is 332 g/mol. The maximum Gasteiger partial charge on any atom is 0.271 e. The van der Waals surface area contributed by atoms with Crippen molar-refractivity contribution >= 4 is 11.8 Å². The molecular weight excluding hydrogens is 308 g/mol. The van der Waals surface area contributed by atoms with Crippen LogP contribution in [0.15, 0.2) is 24.9 Å². The van der Waals surface area contributed by atoms with Gasteiger partial charge in [0.25, 0.3) is 5.91 Å². The summed E-state index contributed by atoms with van der Waals surface area (Å²) in [6.45, 7) is 8.24. The maximum atomic E-state index is 12.4. The summed E-state index contributed by atoms with van der Waals surface area (Å²) in [6.07, 6.45) is 5.04. The van der Waals surface area contributed by atoms with Crippen molar-refractivity contribution in [2.45, 2.75) is 31.8 Å². The standard InChI is InChI=1S/C17H24N4O3/c1-3-16(22)20-10-13(11-20)12(2)18-17(23)15-4-7-21(19-15)14-5-8-24-9-6-14/h3-4,7,12-14H,1,5-6,8-11H2,2H3,(H,18,23). The first-order valence-electron chi connectivity index (χ1n) is 8.43. The van der Waals surface area contributed by atoms with E-state index in [-0.39, 0.29) is 23.8 Å². The lowest BCUT2D eigenvalue weighted by Gasteiger charge is -2.42. The van der Waals surface area contributed by atoms with Gasteiger partial charge in [-0.3, -0.25) is 14.3 Å². The van der Waals surface area contributed by atoms with Crippen molar-refractivity contribution < 1.29 is 14.3 Å². The zero-order valence-corrected chi connectivity index (χ0v) is 14.0. The van der Waals surface area contributed by atoms with Gasteiger partial charge in [-0.05, 0) is 31.9 Å². The Morgan fingerprint density at radius 3 is 2.79 bits per heavy atom. The number of aromatic nitrogens is 2. The Hall–Kier alpha value is -2.15. The molecule has 130 valence electrons. The molecule has 2 aliphatic heterocycles. The quantitative estimate of drug-likeness (QED) is 0.816. The molecule has 3 heterocycles. The number of carbonyl (C=O) groups is 2. The van der Waals surface area contributed by atoms with E-state index in [0.29, 0.717) is 24.8 Å². The van der Waals surface area contributed by atoms with E-state index < -0.39 is 0 Å².